The fourth-order valence-corrected chi connectivity index (χ4v) is 3.07. The van der Waals surface area contributed by atoms with Gasteiger partial charge in [-0.2, -0.15) is 0 Å². The maximum absolute atomic E-state index is 6.21. The lowest BCUT2D eigenvalue weighted by atomic mass is 10.00. The first-order valence-corrected chi connectivity index (χ1v) is 8.83. The van der Waals surface area contributed by atoms with E-state index in [1.165, 1.54) is 22.3 Å². The Balaban J connectivity index is 1.73. The van der Waals surface area contributed by atoms with Crippen LogP contribution < -0.4 is 4.74 Å². The predicted octanol–water partition coefficient (Wildman–Crippen LogP) is 6.07. The first-order chi connectivity index (χ1) is 12.1. The Morgan fingerprint density at radius 1 is 0.960 bits per heavy atom. The van der Waals surface area contributed by atoms with E-state index in [0.717, 1.165) is 29.9 Å². The van der Waals surface area contributed by atoms with Crippen LogP contribution in [0.15, 0.2) is 54.3 Å². The molecule has 2 heteroatoms. The van der Waals surface area contributed by atoms with Crippen LogP contribution >= 0.6 is 0 Å². The van der Waals surface area contributed by atoms with Gasteiger partial charge in [0.05, 0.1) is 7.11 Å². The van der Waals surface area contributed by atoms with Crippen molar-refractivity contribution in [2.75, 3.05) is 7.11 Å². The molecule has 1 aliphatic rings. The number of ether oxygens (including phenoxy) is 2. The number of rotatable bonds is 4. The smallest absolute Gasteiger partial charge is 0.124 e. The highest BCUT2D eigenvalue weighted by Crippen LogP contribution is 2.33. The molecule has 0 amide bonds. The molecule has 25 heavy (non-hydrogen) atoms. The summed E-state index contributed by atoms with van der Waals surface area (Å²) in [6, 6.07) is 12.8. The van der Waals surface area contributed by atoms with Crippen molar-refractivity contribution in [3.05, 3.63) is 82.1 Å². The molecule has 0 N–H and O–H groups in total. The number of hydrogen-bond donors (Lipinski definition) is 0. The molecule has 0 saturated carbocycles. The number of benzene rings is 2. The zero-order chi connectivity index (χ0) is 17.8. The molecule has 0 spiro atoms. The molecule has 130 valence electrons. The Morgan fingerprint density at radius 2 is 1.76 bits per heavy atom. The van der Waals surface area contributed by atoms with Gasteiger partial charge in [0, 0.05) is 0 Å². The summed E-state index contributed by atoms with van der Waals surface area (Å²) in [5.41, 5.74) is 6.15. The Labute approximate surface area is 150 Å². The molecule has 3 rings (SSSR count). The highest BCUT2D eigenvalue weighted by atomic mass is 16.5. The first kappa shape index (κ1) is 17.3. The fourth-order valence-electron chi connectivity index (χ4n) is 3.07. The van der Waals surface area contributed by atoms with E-state index in [9.17, 15) is 0 Å². The largest absolute Gasteiger partial charge is 0.496 e. The Kier molecular flexibility index (Phi) is 5.28. The number of hydrogen-bond acceptors (Lipinski definition) is 2. The normalized spacial score (nSPS) is 17.3. The van der Waals surface area contributed by atoms with Crippen molar-refractivity contribution in [3.63, 3.8) is 0 Å². The topological polar surface area (TPSA) is 18.5 Å². The predicted molar refractivity (Wildman–Crippen MR) is 104 cm³/mol. The van der Waals surface area contributed by atoms with Gasteiger partial charge in [0.2, 0.25) is 0 Å². The van der Waals surface area contributed by atoms with Crippen molar-refractivity contribution in [2.45, 2.75) is 39.7 Å². The summed E-state index contributed by atoms with van der Waals surface area (Å²) in [7, 11) is 1.71. The van der Waals surface area contributed by atoms with E-state index in [1.54, 1.807) is 7.11 Å². The van der Waals surface area contributed by atoms with Crippen LogP contribution in [0.2, 0.25) is 0 Å². The van der Waals surface area contributed by atoms with Gasteiger partial charge in [-0.1, -0.05) is 36.4 Å². The van der Waals surface area contributed by atoms with Crippen LogP contribution in [0.5, 0.6) is 5.75 Å². The molecule has 0 aliphatic carbocycles. The number of aryl methyl sites for hydroxylation is 3. The van der Waals surface area contributed by atoms with Gasteiger partial charge < -0.3 is 9.47 Å². The van der Waals surface area contributed by atoms with Gasteiger partial charge >= 0.3 is 0 Å². The van der Waals surface area contributed by atoms with Crippen molar-refractivity contribution in [2.24, 2.45) is 0 Å². The van der Waals surface area contributed by atoms with Gasteiger partial charge in [-0.15, -0.1) is 0 Å². The third-order valence-corrected chi connectivity index (χ3v) is 4.83. The summed E-state index contributed by atoms with van der Waals surface area (Å²) in [6.45, 7) is 6.34. The molecule has 0 aromatic heterocycles. The molecule has 0 radical (unpaired) electrons. The zero-order valence-corrected chi connectivity index (χ0v) is 15.5. The lowest BCUT2D eigenvalue weighted by Gasteiger charge is -2.24. The SMILES string of the molecule is COc1cc(C2CCC=C(/C=C/c3ccc(C)c(C)c3)O2)ccc1C. The monoisotopic (exact) mass is 334 g/mol. The van der Waals surface area contributed by atoms with E-state index in [4.69, 9.17) is 9.47 Å². The van der Waals surface area contributed by atoms with Gasteiger partial charge in [0.25, 0.3) is 0 Å². The maximum atomic E-state index is 6.21. The highest BCUT2D eigenvalue weighted by Gasteiger charge is 2.18. The summed E-state index contributed by atoms with van der Waals surface area (Å²) >= 11 is 0. The summed E-state index contributed by atoms with van der Waals surface area (Å²) in [5.74, 6) is 1.86. The molecule has 2 aromatic rings. The fraction of sp³-hybridized carbons (Fsp3) is 0.304. The number of allylic oxidation sites excluding steroid dienone is 2. The van der Waals surface area contributed by atoms with Gasteiger partial charge in [-0.3, -0.25) is 0 Å². The van der Waals surface area contributed by atoms with Crippen LogP contribution in [0.3, 0.4) is 0 Å². The lowest BCUT2D eigenvalue weighted by Crippen LogP contribution is -2.08. The van der Waals surface area contributed by atoms with E-state index < -0.39 is 0 Å². The third-order valence-electron chi connectivity index (χ3n) is 4.83. The molecule has 1 heterocycles. The van der Waals surface area contributed by atoms with Crippen molar-refractivity contribution in [1.82, 2.24) is 0 Å². The van der Waals surface area contributed by atoms with Crippen molar-refractivity contribution in [1.29, 1.82) is 0 Å². The summed E-state index contributed by atoms with van der Waals surface area (Å²) < 4.78 is 11.7. The van der Waals surface area contributed by atoms with Crippen molar-refractivity contribution < 1.29 is 9.47 Å². The standard InChI is InChI=1S/C23H26O2/c1-16-8-10-19(14-18(16)3)11-13-21-6-5-7-22(25-21)20-12-9-17(2)23(15-20)24-4/h6,8-15,22H,5,7H2,1-4H3/b13-11+. The first-order valence-electron chi connectivity index (χ1n) is 8.83. The van der Waals surface area contributed by atoms with E-state index in [-0.39, 0.29) is 6.10 Å². The third kappa shape index (κ3) is 4.14. The molecule has 1 atom stereocenters. The van der Waals surface area contributed by atoms with Crippen LogP contribution in [0.1, 0.15) is 46.8 Å². The van der Waals surface area contributed by atoms with E-state index in [0.29, 0.717) is 0 Å². The van der Waals surface area contributed by atoms with Crippen LogP contribution in [0.4, 0.5) is 0 Å². The second-order valence-corrected chi connectivity index (χ2v) is 6.70. The second-order valence-electron chi connectivity index (χ2n) is 6.70. The van der Waals surface area contributed by atoms with Crippen LogP contribution in [0, 0.1) is 20.8 Å². The van der Waals surface area contributed by atoms with Crippen molar-refractivity contribution in [3.8, 4) is 5.75 Å². The van der Waals surface area contributed by atoms with Gasteiger partial charge in [0.1, 0.15) is 17.6 Å². The minimum Gasteiger partial charge on any atom is -0.496 e. The highest BCUT2D eigenvalue weighted by molar-refractivity contribution is 5.54. The molecule has 2 aromatic carbocycles. The molecule has 0 fully saturated rings. The summed E-state index contributed by atoms with van der Waals surface area (Å²) in [6.07, 6.45) is 8.46. The average Bonchev–Trinajstić information content (AvgIpc) is 2.63. The van der Waals surface area contributed by atoms with Gasteiger partial charge in [-0.25, -0.2) is 0 Å². The molecule has 0 saturated heterocycles. The lowest BCUT2D eigenvalue weighted by molar-refractivity contribution is 0.105. The minimum absolute atomic E-state index is 0.0823. The van der Waals surface area contributed by atoms with Crippen LogP contribution in [-0.4, -0.2) is 7.11 Å². The summed E-state index contributed by atoms with van der Waals surface area (Å²) in [4.78, 5) is 0. The number of methoxy groups -OCH3 is 1. The van der Waals surface area contributed by atoms with E-state index in [2.05, 4.69) is 75.4 Å². The zero-order valence-electron chi connectivity index (χ0n) is 15.5. The van der Waals surface area contributed by atoms with Gasteiger partial charge in [0.15, 0.2) is 0 Å². The second kappa shape index (κ2) is 7.60. The molecular weight excluding hydrogens is 308 g/mol. The Morgan fingerprint density at radius 3 is 2.52 bits per heavy atom. The van der Waals surface area contributed by atoms with Gasteiger partial charge in [-0.05, 0) is 79.6 Å². The minimum atomic E-state index is 0.0823. The molecular formula is C23H26O2. The van der Waals surface area contributed by atoms with Crippen LogP contribution in [0.25, 0.3) is 6.08 Å². The molecule has 1 aliphatic heterocycles. The summed E-state index contributed by atoms with van der Waals surface area (Å²) in [5, 5.41) is 0. The molecule has 2 nitrogen and oxygen atoms in total. The Hall–Kier alpha value is -2.48. The quantitative estimate of drug-likeness (QED) is 0.675. The van der Waals surface area contributed by atoms with Crippen LogP contribution in [-0.2, 0) is 4.74 Å². The molecule has 0 bridgehead atoms. The van der Waals surface area contributed by atoms with E-state index >= 15 is 0 Å². The average molecular weight is 334 g/mol. The van der Waals surface area contributed by atoms with E-state index in [1.807, 2.05) is 0 Å². The maximum Gasteiger partial charge on any atom is 0.124 e. The molecule has 1 unspecified atom stereocenters. The Bertz CT molecular complexity index is 815. The van der Waals surface area contributed by atoms with Crippen molar-refractivity contribution >= 4 is 6.08 Å².